The highest BCUT2D eigenvalue weighted by Crippen LogP contribution is 2.46. The molecule has 1 aromatic carbocycles. The van der Waals surface area contributed by atoms with Crippen LogP contribution < -0.4 is 4.74 Å². The number of rotatable bonds is 5. The molecule has 1 aliphatic carbocycles. The van der Waals surface area contributed by atoms with Gasteiger partial charge in [-0.25, -0.2) is 4.98 Å². The maximum Gasteiger partial charge on any atom is 0.418 e. The number of benzene rings is 1. The summed E-state index contributed by atoms with van der Waals surface area (Å²) in [6, 6.07) is 2.46. The van der Waals surface area contributed by atoms with Crippen molar-refractivity contribution in [3.05, 3.63) is 23.5 Å². The Kier molecular flexibility index (Phi) is 4.71. The molecule has 1 heterocycles. The standard InChI is InChI=1S/C19H25F3N2O2/c1-11(2)5-6-26-14-7-15(19(20,21)22)17-16(8-14)23-12(3)24(17)13-9-18(4,25)10-13/h7-8,11,13,25H,5-6,9-10H2,1-4H3/t13-,18+. The van der Waals surface area contributed by atoms with Crippen LogP contribution in [0.5, 0.6) is 5.75 Å². The molecule has 0 unspecified atom stereocenters. The number of fused-ring (bicyclic) bond motifs is 1. The zero-order valence-electron chi connectivity index (χ0n) is 15.5. The van der Waals surface area contributed by atoms with Gasteiger partial charge in [-0.2, -0.15) is 13.2 Å². The predicted molar refractivity (Wildman–Crippen MR) is 93.3 cm³/mol. The van der Waals surface area contributed by atoms with Gasteiger partial charge >= 0.3 is 6.18 Å². The first-order valence-electron chi connectivity index (χ1n) is 8.93. The summed E-state index contributed by atoms with van der Waals surface area (Å²) in [6.07, 6.45) is -2.90. The lowest BCUT2D eigenvalue weighted by Gasteiger charge is -2.42. The second-order valence-electron chi connectivity index (χ2n) is 7.96. The van der Waals surface area contributed by atoms with Crippen molar-refractivity contribution in [1.29, 1.82) is 0 Å². The van der Waals surface area contributed by atoms with E-state index in [0.29, 0.717) is 31.2 Å². The van der Waals surface area contributed by atoms with Crippen molar-refractivity contribution in [2.24, 2.45) is 5.92 Å². The van der Waals surface area contributed by atoms with Crippen LogP contribution in [0.1, 0.15) is 57.5 Å². The lowest BCUT2D eigenvalue weighted by atomic mass is 9.77. The van der Waals surface area contributed by atoms with Gasteiger partial charge in [0.05, 0.1) is 28.8 Å². The van der Waals surface area contributed by atoms with E-state index in [1.807, 2.05) is 13.8 Å². The zero-order valence-corrected chi connectivity index (χ0v) is 15.5. The molecule has 1 saturated carbocycles. The van der Waals surface area contributed by atoms with E-state index >= 15 is 0 Å². The number of ether oxygens (including phenoxy) is 1. The largest absolute Gasteiger partial charge is 0.493 e. The minimum atomic E-state index is -4.51. The molecule has 0 aliphatic heterocycles. The van der Waals surface area contributed by atoms with Gasteiger partial charge < -0.3 is 14.4 Å². The number of hydrogen-bond donors (Lipinski definition) is 1. The number of aryl methyl sites for hydroxylation is 1. The third-order valence-electron chi connectivity index (χ3n) is 4.92. The fraction of sp³-hybridized carbons (Fsp3) is 0.632. The van der Waals surface area contributed by atoms with Crippen LogP contribution in [0.3, 0.4) is 0 Å². The number of hydrogen-bond acceptors (Lipinski definition) is 3. The quantitative estimate of drug-likeness (QED) is 0.816. The van der Waals surface area contributed by atoms with Gasteiger partial charge in [-0.05, 0) is 45.1 Å². The molecule has 4 nitrogen and oxygen atoms in total. The molecule has 1 aliphatic rings. The summed E-state index contributed by atoms with van der Waals surface area (Å²) in [4.78, 5) is 4.34. The summed E-state index contributed by atoms with van der Waals surface area (Å²) >= 11 is 0. The van der Waals surface area contributed by atoms with Crippen LogP contribution in [-0.2, 0) is 6.18 Å². The topological polar surface area (TPSA) is 47.3 Å². The Morgan fingerprint density at radius 1 is 1.35 bits per heavy atom. The van der Waals surface area contributed by atoms with Crippen molar-refractivity contribution in [3.8, 4) is 5.75 Å². The number of halogens is 3. The van der Waals surface area contributed by atoms with Crippen LogP contribution in [0, 0.1) is 12.8 Å². The average Bonchev–Trinajstić information content (AvgIpc) is 2.77. The van der Waals surface area contributed by atoms with Crippen molar-refractivity contribution >= 4 is 11.0 Å². The summed E-state index contributed by atoms with van der Waals surface area (Å²) in [5, 5.41) is 9.98. The first-order chi connectivity index (χ1) is 12.0. The second kappa shape index (κ2) is 6.44. The monoisotopic (exact) mass is 370 g/mol. The van der Waals surface area contributed by atoms with Crippen LogP contribution in [0.2, 0.25) is 0 Å². The molecule has 7 heteroatoms. The second-order valence-corrected chi connectivity index (χ2v) is 7.96. The van der Waals surface area contributed by atoms with Crippen LogP contribution >= 0.6 is 0 Å². The Bertz CT molecular complexity index is 801. The molecule has 0 bridgehead atoms. The molecule has 0 atom stereocenters. The fourth-order valence-electron chi connectivity index (χ4n) is 3.62. The van der Waals surface area contributed by atoms with E-state index in [2.05, 4.69) is 4.98 Å². The van der Waals surface area contributed by atoms with E-state index < -0.39 is 17.3 Å². The highest BCUT2D eigenvalue weighted by atomic mass is 19.4. The SMILES string of the molecule is Cc1nc2cc(OCCC(C)C)cc(C(F)(F)F)c2n1[C@H]1C[C@@](C)(O)C1. The molecule has 1 aromatic heterocycles. The van der Waals surface area contributed by atoms with Crippen LogP contribution in [-0.4, -0.2) is 26.9 Å². The minimum absolute atomic E-state index is 0.0757. The van der Waals surface area contributed by atoms with Gasteiger partial charge in [0, 0.05) is 12.1 Å². The molecule has 3 rings (SSSR count). The molecule has 2 aromatic rings. The van der Waals surface area contributed by atoms with E-state index in [1.165, 1.54) is 0 Å². The average molecular weight is 370 g/mol. The summed E-state index contributed by atoms with van der Waals surface area (Å²) in [7, 11) is 0. The number of alkyl halides is 3. The molecule has 0 radical (unpaired) electrons. The van der Waals surface area contributed by atoms with Gasteiger partial charge in [0.15, 0.2) is 0 Å². The molecule has 144 valence electrons. The van der Waals surface area contributed by atoms with Gasteiger partial charge in [0.2, 0.25) is 0 Å². The number of imidazole rings is 1. The van der Waals surface area contributed by atoms with Crippen molar-refractivity contribution < 1.29 is 23.0 Å². The Balaban J connectivity index is 2.04. The smallest absolute Gasteiger partial charge is 0.418 e. The molecule has 0 spiro atoms. The Morgan fingerprint density at radius 3 is 2.54 bits per heavy atom. The molecule has 1 N–H and O–H groups in total. The Hall–Kier alpha value is -1.76. The summed E-state index contributed by atoms with van der Waals surface area (Å²) in [5.74, 6) is 1.12. The Labute approximate surface area is 151 Å². The highest BCUT2D eigenvalue weighted by molar-refractivity contribution is 5.82. The lowest BCUT2D eigenvalue weighted by Crippen LogP contribution is -2.42. The molecule has 0 amide bonds. The van der Waals surface area contributed by atoms with E-state index in [1.54, 1.807) is 24.5 Å². The molecule has 0 saturated heterocycles. The Morgan fingerprint density at radius 2 is 2.00 bits per heavy atom. The van der Waals surface area contributed by atoms with Crippen molar-refractivity contribution in [3.63, 3.8) is 0 Å². The molecule has 26 heavy (non-hydrogen) atoms. The molecule has 1 fully saturated rings. The van der Waals surface area contributed by atoms with Gasteiger partial charge in [-0.1, -0.05) is 13.8 Å². The zero-order chi connectivity index (χ0) is 19.3. The maximum atomic E-state index is 13.7. The summed E-state index contributed by atoms with van der Waals surface area (Å²) in [6.45, 7) is 7.83. The van der Waals surface area contributed by atoms with E-state index in [4.69, 9.17) is 4.74 Å². The molecular formula is C19H25F3N2O2. The number of aromatic nitrogens is 2. The van der Waals surface area contributed by atoms with Crippen molar-refractivity contribution in [2.45, 2.75) is 64.8 Å². The first-order valence-corrected chi connectivity index (χ1v) is 8.93. The maximum absolute atomic E-state index is 13.7. The summed E-state index contributed by atoms with van der Waals surface area (Å²) in [5.41, 5.74) is -1.21. The van der Waals surface area contributed by atoms with E-state index in [9.17, 15) is 18.3 Å². The van der Waals surface area contributed by atoms with Gasteiger partial charge in [-0.3, -0.25) is 0 Å². The van der Waals surface area contributed by atoms with Crippen LogP contribution in [0.4, 0.5) is 13.2 Å². The van der Waals surface area contributed by atoms with Crippen LogP contribution in [0.15, 0.2) is 12.1 Å². The van der Waals surface area contributed by atoms with Gasteiger partial charge in [0.1, 0.15) is 11.6 Å². The van der Waals surface area contributed by atoms with Gasteiger partial charge in [-0.15, -0.1) is 0 Å². The molecular weight excluding hydrogens is 345 g/mol. The third-order valence-corrected chi connectivity index (χ3v) is 4.92. The first kappa shape index (κ1) is 19.0. The number of nitrogens with zero attached hydrogens (tertiary/aromatic N) is 2. The van der Waals surface area contributed by atoms with E-state index in [-0.39, 0.29) is 22.8 Å². The lowest BCUT2D eigenvalue weighted by molar-refractivity contribution is -0.136. The van der Waals surface area contributed by atoms with Crippen molar-refractivity contribution in [1.82, 2.24) is 9.55 Å². The van der Waals surface area contributed by atoms with Crippen molar-refractivity contribution in [2.75, 3.05) is 6.61 Å². The summed E-state index contributed by atoms with van der Waals surface area (Å²) < 4.78 is 48.4. The normalized spacial score (nSPS) is 23.5. The minimum Gasteiger partial charge on any atom is -0.493 e. The highest BCUT2D eigenvalue weighted by Gasteiger charge is 2.43. The third kappa shape index (κ3) is 3.68. The van der Waals surface area contributed by atoms with Crippen LogP contribution in [0.25, 0.3) is 11.0 Å². The fourth-order valence-corrected chi connectivity index (χ4v) is 3.62. The van der Waals surface area contributed by atoms with Gasteiger partial charge in [0.25, 0.3) is 0 Å². The van der Waals surface area contributed by atoms with E-state index in [0.717, 1.165) is 12.5 Å². The number of aliphatic hydroxyl groups is 1. The predicted octanol–water partition coefficient (Wildman–Crippen LogP) is 4.87.